The largest absolute Gasteiger partial charge is 0.368 e. The van der Waals surface area contributed by atoms with E-state index >= 15 is 0 Å². The molecule has 0 spiro atoms. The van der Waals surface area contributed by atoms with Crippen LogP contribution in [0.4, 0.5) is 5.69 Å². The van der Waals surface area contributed by atoms with Gasteiger partial charge in [0.15, 0.2) is 0 Å². The number of carbonyl (C=O) groups is 2. The van der Waals surface area contributed by atoms with Crippen molar-refractivity contribution in [1.82, 2.24) is 9.80 Å². The highest BCUT2D eigenvalue weighted by Gasteiger charge is 2.40. The highest BCUT2D eigenvalue weighted by atomic mass is 35.5. The third-order valence-electron chi connectivity index (χ3n) is 5.56. The minimum atomic E-state index is -0.0135. The van der Waals surface area contributed by atoms with E-state index in [1.807, 2.05) is 34.1 Å². The minimum Gasteiger partial charge on any atom is -0.368 e. The van der Waals surface area contributed by atoms with Crippen molar-refractivity contribution < 1.29 is 9.59 Å². The Kier molecular flexibility index (Phi) is 4.59. The summed E-state index contributed by atoms with van der Waals surface area (Å²) in [6, 6.07) is 8.27. The van der Waals surface area contributed by atoms with Crippen molar-refractivity contribution >= 4 is 29.1 Å². The Morgan fingerprint density at radius 2 is 1.68 bits per heavy atom. The molecule has 4 rings (SSSR count). The van der Waals surface area contributed by atoms with Gasteiger partial charge in [0.1, 0.15) is 0 Å². The van der Waals surface area contributed by atoms with Gasteiger partial charge in [-0.3, -0.25) is 9.59 Å². The molecule has 1 saturated carbocycles. The van der Waals surface area contributed by atoms with E-state index in [2.05, 4.69) is 4.90 Å². The number of benzene rings is 1. The van der Waals surface area contributed by atoms with Crippen molar-refractivity contribution in [3.63, 3.8) is 0 Å². The Labute approximate surface area is 153 Å². The standard InChI is InChI=1S/C19H24ClN3O2/c20-15-2-4-16(5-3-15)21-9-11-22(12-10-21)19(25)14-1-8-18(24)23(13-14)17-6-7-17/h2-5,14,17H,1,6-13H2/t14-/m0/s1. The second kappa shape index (κ2) is 6.87. The normalized spacial score (nSPS) is 24.6. The molecule has 2 aliphatic heterocycles. The maximum atomic E-state index is 12.9. The molecule has 25 heavy (non-hydrogen) atoms. The summed E-state index contributed by atoms with van der Waals surface area (Å²) < 4.78 is 0. The van der Waals surface area contributed by atoms with Gasteiger partial charge in [0, 0.05) is 55.9 Å². The summed E-state index contributed by atoms with van der Waals surface area (Å²) in [6.07, 6.45) is 3.44. The van der Waals surface area contributed by atoms with E-state index in [-0.39, 0.29) is 17.7 Å². The summed E-state index contributed by atoms with van der Waals surface area (Å²) in [4.78, 5) is 31.1. The molecular weight excluding hydrogens is 338 g/mol. The maximum Gasteiger partial charge on any atom is 0.227 e. The fraction of sp³-hybridized carbons (Fsp3) is 0.579. The van der Waals surface area contributed by atoms with Crippen LogP contribution >= 0.6 is 11.6 Å². The zero-order valence-electron chi connectivity index (χ0n) is 14.4. The van der Waals surface area contributed by atoms with Gasteiger partial charge < -0.3 is 14.7 Å². The summed E-state index contributed by atoms with van der Waals surface area (Å²) in [5.74, 6) is 0.452. The van der Waals surface area contributed by atoms with Gasteiger partial charge in [-0.1, -0.05) is 11.6 Å². The number of hydrogen-bond acceptors (Lipinski definition) is 3. The van der Waals surface area contributed by atoms with Gasteiger partial charge in [0.2, 0.25) is 11.8 Å². The van der Waals surface area contributed by atoms with Crippen molar-refractivity contribution in [2.45, 2.75) is 31.7 Å². The number of anilines is 1. The third-order valence-corrected chi connectivity index (χ3v) is 5.82. The van der Waals surface area contributed by atoms with E-state index in [0.717, 1.165) is 49.7 Å². The molecule has 1 aliphatic carbocycles. The number of likely N-dealkylation sites (tertiary alicyclic amines) is 1. The zero-order valence-corrected chi connectivity index (χ0v) is 15.1. The maximum absolute atomic E-state index is 12.9. The quantitative estimate of drug-likeness (QED) is 0.830. The second-order valence-corrected chi connectivity index (χ2v) is 7.74. The van der Waals surface area contributed by atoms with Crippen LogP contribution in [0, 0.1) is 5.92 Å². The summed E-state index contributed by atoms with van der Waals surface area (Å²) in [7, 11) is 0. The number of rotatable bonds is 3. The van der Waals surface area contributed by atoms with Crippen molar-refractivity contribution in [2.24, 2.45) is 5.92 Å². The van der Waals surface area contributed by atoms with E-state index in [1.54, 1.807) is 0 Å². The molecule has 0 bridgehead atoms. The summed E-state index contributed by atoms with van der Waals surface area (Å²) >= 11 is 5.95. The Morgan fingerprint density at radius 3 is 2.32 bits per heavy atom. The molecule has 3 aliphatic rings. The summed E-state index contributed by atoms with van der Waals surface area (Å²) in [6.45, 7) is 3.79. The van der Waals surface area contributed by atoms with Gasteiger partial charge in [-0.15, -0.1) is 0 Å². The monoisotopic (exact) mass is 361 g/mol. The van der Waals surface area contributed by atoms with Gasteiger partial charge >= 0.3 is 0 Å². The van der Waals surface area contributed by atoms with E-state index < -0.39 is 0 Å². The molecular formula is C19H24ClN3O2. The van der Waals surface area contributed by atoms with Gasteiger partial charge in [0.25, 0.3) is 0 Å². The molecule has 2 heterocycles. The molecule has 134 valence electrons. The van der Waals surface area contributed by atoms with Crippen molar-refractivity contribution in [1.29, 1.82) is 0 Å². The van der Waals surface area contributed by atoms with E-state index in [4.69, 9.17) is 11.6 Å². The van der Waals surface area contributed by atoms with Crippen LogP contribution in [0.3, 0.4) is 0 Å². The SMILES string of the molecule is O=C([C@H]1CCC(=O)N(C2CC2)C1)N1CCN(c2ccc(Cl)cc2)CC1. The number of piperazine rings is 1. The lowest BCUT2D eigenvalue weighted by molar-refractivity contribution is -0.143. The predicted octanol–water partition coefficient (Wildman–Crippen LogP) is 2.39. The number of hydrogen-bond donors (Lipinski definition) is 0. The van der Waals surface area contributed by atoms with E-state index in [0.29, 0.717) is 25.4 Å². The van der Waals surface area contributed by atoms with Crippen molar-refractivity contribution in [3.05, 3.63) is 29.3 Å². The van der Waals surface area contributed by atoms with Crippen LogP contribution in [0.1, 0.15) is 25.7 Å². The lowest BCUT2D eigenvalue weighted by Gasteiger charge is -2.39. The van der Waals surface area contributed by atoms with E-state index in [9.17, 15) is 9.59 Å². The Hall–Kier alpha value is -1.75. The lowest BCUT2D eigenvalue weighted by Crippen LogP contribution is -2.53. The molecule has 6 heteroatoms. The first-order valence-electron chi connectivity index (χ1n) is 9.20. The molecule has 2 saturated heterocycles. The summed E-state index contributed by atoms with van der Waals surface area (Å²) in [5.41, 5.74) is 1.15. The van der Waals surface area contributed by atoms with Gasteiger partial charge in [-0.2, -0.15) is 0 Å². The molecule has 5 nitrogen and oxygen atoms in total. The number of piperidine rings is 1. The van der Waals surface area contributed by atoms with Crippen LogP contribution in [-0.4, -0.2) is 60.4 Å². The Bertz CT molecular complexity index is 651. The number of carbonyl (C=O) groups excluding carboxylic acids is 2. The number of halogens is 1. The van der Waals surface area contributed by atoms with Crippen molar-refractivity contribution in [2.75, 3.05) is 37.6 Å². The van der Waals surface area contributed by atoms with Crippen LogP contribution in [0.2, 0.25) is 5.02 Å². The first-order chi connectivity index (χ1) is 12.1. The molecule has 1 atom stereocenters. The molecule has 0 N–H and O–H groups in total. The van der Waals surface area contributed by atoms with Crippen molar-refractivity contribution in [3.8, 4) is 0 Å². The highest BCUT2D eigenvalue weighted by Crippen LogP contribution is 2.32. The number of nitrogens with zero attached hydrogens (tertiary/aromatic N) is 3. The molecule has 1 aromatic carbocycles. The molecule has 0 aromatic heterocycles. The van der Waals surface area contributed by atoms with Crippen LogP contribution in [-0.2, 0) is 9.59 Å². The minimum absolute atomic E-state index is 0.0135. The highest BCUT2D eigenvalue weighted by molar-refractivity contribution is 6.30. The van der Waals surface area contributed by atoms with Crippen LogP contribution < -0.4 is 4.90 Å². The third kappa shape index (κ3) is 3.61. The molecule has 2 amide bonds. The zero-order chi connectivity index (χ0) is 17.4. The molecule has 1 aromatic rings. The lowest BCUT2D eigenvalue weighted by atomic mass is 9.95. The fourth-order valence-corrected chi connectivity index (χ4v) is 4.03. The molecule has 0 unspecified atom stereocenters. The number of amides is 2. The Balaban J connectivity index is 1.33. The average Bonchev–Trinajstić information content (AvgIpc) is 3.47. The smallest absolute Gasteiger partial charge is 0.227 e. The van der Waals surface area contributed by atoms with E-state index in [1.165, 1.54) is 0 Å². The second-order valence-electron chi connectivity index (χ2n) is 7.30. The van der Waals surface area contributed by atoms with Gasteiger partial charge in [-0.05, 0) is 43.5 Å². The Morgan fingerprint density at radius 1 is 1.00 bits per heavy atom. The van der Waals surface area contributed by atoms with Crippen LogP contribution in [0.25, 0.3) is 0 Å². The fourth-order valence-electron chi connectivity index (χ4n) is 3.91. The van der Waals surface area contributed by atoms with Gasteiger partial charge in [0.05, 0.1) is 5.92 Å². The first kappa shape index (κ1) is 16.7. The van der Waals surface area contributed by atoms with Crippen LogP contribution in [0.15, 0.2) is 24.3 Å². The predicted molar refractivity (Wildman–Crippen MR) is 97.7 cm³/mol. The molecule has 3 fully saturated rings. The summed E-state index contributed by atoms with van der Waals surface area (Å²) in [5, 5.41) is 0.740. The first-order valence-corrected chi connectivity index (χ1v) is 9.58. The van der Waals surface area contributed by atoms with Gasteiger partial charge in [-0.25, -0.2) is 0 Å². The molecule has 0 radical (unpaired) electrons. The average molecular weight is 362 g/mol. The van der Waals surface area contributed by atoms with Crippen LogP contribution in [0.5, 0.6) is 0 Å². The topological polar surface area (TPSA) is 43.9 Å².